The van der Waals surface area contributed by atoms with E-state index in [-0.39, 0.29) is 5.97 Å². The highest BCUT2D eigenvalue weighted by molar-refractivity contribution is 7.13. The first-order valence-electron chi connectivity index (χ1n) is 4.96. The number of carbonyl (C=O) groups is 2. The molecule has 16 heavy (non-hydrogen) atoms. The van der Waals surface area contributed by atoms with Crippen LogP contribution >= 0.6 is 11.3 Å². The van der Waals surface area contributed by atoms with Crippen LogP contribution in [0.25, 0.3) is 0 Å². The third-order valence-corrected chi connectivity index (χ3v) is 2.79. The van der Waals surface area contributed by atoms with E-state index < -0.39 is 5.97 Å². The Bertz CT molecular complexity index is 344. The summed E-state index contributed by atoms with van der Waals surface area (Å²) in [6.07, 6.45) is 0.915. The van der Waals surface area contributed by atoms with Crippen molar-refractivity contribution >= 4 is 23.3 Å². The Morgan fingerprint density at radius 1 is 1.38 bits per heavy atom. The second kappa shape index (κ2) is 7.87. The zero-order valence-corrected chi connectivity index (χ0v) is 10.5. The molecule has 4 nitrogen and oxygen atoms in total. The Kier molecular flexibility index (Phi) is 7.20. The van der Waals surface area contributed by atoms with Gasteiger partial charge < -0.3 is 9.84 Å². The Labute approximate surface area is 98.9 Å². The predicted molar refractivity (Wildman–Crippen MR) is 63.0 cm³/mol. The lowest BCUT2D eigenvalue weighted by atomic mass is 10.4. The number of carboxylic acid groups (broad SMARTS) is 1. The van der Waals surface area contributed by atoms with Gasteiger partial charge in [-0.05, 0) is 25.5 Å². The summed E-state index contributed by atoms with van der Waals surface area (Å²) < 4.78 is 4.40. The van der Waals surface area contributed by atoms with Crippen LogP contribution in [0, 0.1) is 0 Å². The Morgan fingerprint density at radius 3 is 2.19 bits per heavy atom. The van der Waals surface area contributed by atoms with Gasteiger partial charge in [0.2, 0.25) is 0 Å². The van der Waals surface area contributed by atoms with Crippen molar-refractivity contribution in [1.82, 2.24) is 0 Å². The van der Waals surface area contributed by atoms with Crippen LogP contribution in [-0.2, 0) is 16.0 Å². The molecule has 0 amide bonds. The van der Waals surface area contributed by atoms with Gasteiger partial charge in [0, 0.05) is 11.8 Å². The van der Waals surface area contributed by atoms with Crippen molar-refractivity contribution in [2.75, 3.05) is 6.61 Å². The predicted octanol–water partition coefficient (Wildman–Crippen LogP) is 2.58. The number of esters is 1. The van der Waals surface area contributed by atoms with Gasteiger partial charge in [-0.15, -0.1) is 11.3 Å². The van der Waals surface area contributed by atoms with Crippen molar-refractivity contribution in [3.63, 3.8) is 0 Å². The highest BCUT2D eigenvalue weighted by Crippen LogP contribution is 2.16. The minimum absolute atomic E-state index is 0.211. The second-order valence-electron chi connectivity index (χ2n) is 2.85. The van der Waals surface area contributed by atoms with Gasteiger partial charge >= 0.3 is 11.9 Å². The third kappa shape index (κ3) is 6.19. The Hall–Kier alpha value is -1.36. The molecule has 1 aromatic heterocycles. The van der Waals surface area contributed by atoms with Crippen LogP contribution in [0.1, 0.15) is 35.3 Å². The molecule has 1 rings (SSSR count). The first kappa shape index (κ1) is 14.6. The normalized spacial score (nSPS) is 8.94. The molecule has 1 heterocycles. The summed E-state index contributed by atoms with van der Waals surface area (Å²) in [5.41, 5.74) is 0. The number of aromatic carboxylic acids is 1. The van der Waals surface area contributed by atoms with Gasteiger partial charge in [-0.1, -0.05) is 6.92 Å². The van der Waals surface area contributed by atoms with E-state index in [0.717, 1.165) is 11.3 Å². The van der Waals surface area contributed by atoms with E-state index in [2.05, 4.69) is 4.74 Å². The minimum Gasteiger partial charge on any atom is -0.477 e. The van der Waals surface area contributed by atoms with Gasteiger partial charge in [0.05, 0.1) is 6.61 Å². The van der Waals surface area contributed by atoms with Gasteiger partial charge in [-0.3, -0.25) is 4.79 Å². The molecule has 1 N–H and O–H groups in total. The summed E-state index contributed by atoms with van der Waals surface area (Å²) in [6.45, 7) is 5.66. The minimum atomic E-state index is -0.829. The molecule has 0 unspecified atom stereocenters. The first-order chi connectivity index (χ1) is 7.51. The molecule has 0 aliphatic heterocycles. The third-order valence-electron chi connectivity index (χ3n) is 1.57. The van der Waals surface area contributed by atoms with E-state index in [1.807, 2.05) is 13.0 Å². The molecule has 0 bridgehead atoms. The van der Waals surface area contributed by atoms with Crippen LogP contribution in [0.4, 0.5) is 0 Å². The van der Waals surface area contributed by atoms with Crippen LogP contribution in [0.2, 0.25) is 0 Å². The number of carbonyl (C=O) groups excluding carboxylic acids is 1. The lowest BCUT2D eigenvalue weighted by Crippen LogP contribution is -1.95. The van der Waals surface area contributed by atoms with Crippen molar-refractivity contribution in [1.29, 1.82) is 0 Å². The molecule has 0 spiro atoms. The number of hydrogen-bond donors (Lipinski definition) is 1. The SMILES string of the molecule is CCOC(C)=O.CCc1ccc(C(=O)O)s1. The van der Waals surface area contributed by atoms with Crippen molar-refractivity contribution in [2.24, 2.45) is 0 Å². The molecule has 90 valence electrons. The van der Waals surface area contributed by atoms with Gasteiger partial charge in [0.15, 0.2) is 0 Å². The zero-order chi connectivity index (χ0) is 12.6. The van der Waals surface area contributed by atoms with Crippen LogP contribution in [0.15, 0.2) is 12.1 Å². The second-order valence-corrected chi connectivity index (χ2v) is 4.02. The standard InChI is InChI=1S/C7H8O2S.C4H8O2/c1-2-5-3-4-6(10-5)7(8)9;1-3-6-4(2)5/h3-4H,2H2,1H3,(H,8,9);3H2,1-2H3. The van der Waals surface area contributed by atoms with Crippen molar-refractivity contribution in [3.05, 3.63) is 21.9 Å². The molecule has 0 aromatic carbocycles. The molecule has 0 fully saturated rings. The highest BCUT2D eigenvalue weighted by atomic mass is 32.1. The van der Waals surface area contributed by atoms with Gasteiger partial charge in [-0.25, -0.2) is 4.79 Å². The highest BCUT2D eigenvalue weighted by Gasteiger charge is 2.04. The average molecular weight is 244 g/mol. The monoisotopic (exact) mass is 244 g/mol. The van der Waals surface area contributed by atoms with Gasteiger partial charge in [0.1, 0.15) is 4.88 Å². The zero-order valence-electron chi connectivity index (χ0n) is 9.65. The Balaban J connectivity index is 0.000000325. The van der Waals surface area contributed by atoms with E-state index in [1.54, 1.807) is 13.0 Å². The maximum absolute atomic E-state index is 10.3. The molecular formula is C11H16O4S. The maximum Gasteiger partial charge on any atom is 0.345 e. The summed E-state index contributed by atoms with van der Waals surface area (Å²) in [7, 11) is 0. The number of hydrogen-bond acceptors (Lipinski definition) is 4. The quantitative estimate of drug-likeness (QED) is 0.830. The fraction of sp³-hybridized carbons (Fsp3) is 0.455. The number of ether oxygens (including phenoxy) is 1. The number of aryl methyl sites for hydroxylation is 1. The molecule has 0 radical (unpaired) electrons. The van der Waals surface area contributed by atoms with E-state index in [0.29, 0.717) is 11.5 Å². The summed E-state index contributed by atoms with van der Waals surface area (Å²) in [5.74, 6) is -1.04. The fourth-order valence-electron chi connectivity index (χ4n) is 0.886. The van der Waals surface area contributed by atoms with Crippen molar-refractivity contribution < 1.29 is 19.4 Å². The topological polar surface area (TPSA) is 63.6 Å². The molecule has 5 heteroatoms. The molecule has 0 saturated carbocycles. The first-order valence-corrected chi connectivity index (χ1v) is 5.78. The molecule has 0 atom stereocenters. The summed E-state index contributed by atoms with van der Waals surface area (Å²) in [5, 5.41) is 8.50. The lowest BCUT2D eigenvalue weighted by molar-refractivity contribution is -0.140. The summed E-state index contributed by atoms with van der Waals surface area (Å²) in [6, 6.07) is 3.50. The summed E-state index contributed by atoms with van der Waals surface area (Å²) in [4.78, 5) is 21.7. The average Bonchev–Trinajstić information content (AvgIpc) is 2.66. The molecular weight excluding hydrogens is 228 g/mol. The summed E-state index contributed by atoms with van der Waals surface area (Å²) >= 11 is 1.34. The lowest BCUT2D eigenvalue weighted by Gasteiger charge is -1.89. The molecule has 1 aromatic rings. The molecule has 0 aliphatic rings. The van der Waals surface area contributed by atoms with Crippen LogP contribution in [-0.4, -0.2) is 23.7 Å². The van der Waals surface area contributed by atoms with E-state index in [1.165, 1.54) is 18.3 Å². The van der Waals surface area contributed by atoms with Crippen LogP contribution in [0.5, 0.6) is 0 Å². The van der Waals surface area contributed by atoms with Gasteiger partial charge in [-0.2, -0.15) is 0 Å². The maximum atomic E-state index is 10.3. The van der Waals surface area contributed by atoms with E-state index in [9.17, 15) is 9.59 Å². The smallest absolute Gasteiger partial charge is 0.345 e. The fourth-order valence-corrected chi connectivity index (χ4v) is 1.67. The van der Waals surface area contributed by atoms with Crippen LogP contribution < -0.4 is 0 Å². The van der Waals surface area contributed by atoms with Crippen molar-refractivity contribution in [2.45, 2.75) is 27.2 Å². The van der Waals surface area contributed by atoms with Crippen LogP contribution in [0.3, 0.4) is 0 Å². The van der Waals surface area contributed by atoms with E-state index >= 15 is 0 Å². The number of rotatable bonds is 3. The molecule has 0 saturated heterocycles. The molecule has 0 aliphatic carbocycles. The number of thiophene rings is 1. The van der Waals surface area contributed by atoms with E-state index in [4.69, 9.17) is 5.11 Å². The Morgan fingerprint density at radius 2 is 2.00 bits per heavy atom. The van der Waals surface area contributed by atoms with Crippen molar-refractivity contribution in [3.8, 4) is 0 Å². The van der Waals surface area contributed by atoms with Gasteiger partial charge in [0.25, 0.3) is 0 Å². The largest absolute Gasteiger partial charge is 0.477 e. The number of carboxylic acids is 1.